The number of halogens is 1. The van der Waals surface area contributed by atoms with E-state index >= 15 is 0 Å². The van der Waals surface area contributed by atoms with Crippen molar-refractivity contribution in [2.45, 2.75) is 6.54 Å². The van der Waals surface area contributed by atoms with Crippen LogP contribution >= 0.6 is 11.6 Å². The Morgan fingerprint density at radius 3 is 2.60 bits per heavy atom. The highest BCUT2D eigenvalue weighted by Crippen LogP contribution is 2.25. The summed E-state index contributed by atoms with van der Waals surface area (Å²) in [5.41, 5.74) is 2.22. The number of aromatic hydroxyl groups is 1. The molecular formula is C19H23ClN3O2+. The zero-order chi connectivity index (χ0) is 17.6. The summed E-state index contributed by atoms with van der Waals surface area (Å²) < 4.78 is 5.12. The molecule has 0 aromatic heterocycles. The molecule has 1 heterocycles. The van der Waals surface area contributed by atoms with Gasteiger partial charge in [-0.05, 0) is 35.9 Å². The second-order valence-corrected chi connectivity index (χ2v) is 6.62. The Hall–Kier alpha value is -2.24. The van der Waals surface area contributed by atoms with E-state index < -0.39 is 0 Å². The van der Waals surface area contributed by atoms with Crippen LogP contribution in [0.15, 0.2) is 47.6 Å². The van der Waals surface area contributed by atoms with Gasteiger partial charge in [-0.1, -0.05) is 23.7 Å². The standard InChI is InChI=1S/C19H22ClN3O2/c1-25-19-12-16(4-7-18(19)24)13-21-23-10-8-22(9-11-23)14-15-2-5-17(20)6-3-15/h2-7,12-13,24H,8-11,14H2,1H3/p+1/b21-13+. The molecule has 0 spiro atoms. The van der Waals surface area contributed by atoms with Crippen LogP contribution < -0.4 is 9.64 Å². The average Bonchev–Trinajstić information content (AvgIpc) is 2.64. The number of hydrogen-bond donors (Lipinski definition) is 2. The van der Waals surface area contributed by atoms with Gasteiger partial charge in [-0.15, -0.1) is 0 Å². The van der Waals surface area contributed by atoms with E-state index in [0.717, 1.165) is 43.3 Å². The summed E-state index contributed by atoms with van der Waals surface area (Å²) in [6, 6.07) is 13.3. The van der Waals surface area contributed by atoms with Crippen molar-refractivity contribution in [1.29, 1.82) is 0 Å². The molecule has 1 saturated heterocycles. The van der Waals surface area contributed by atoms with Gasteiger partial charge >= 0.3 is 0 Å². The molecule has 0 bridgehead atoms. The second kappa shape index (κ2) is 8.23. The van der Waals surface area contributed by atoms with E-state index in [1.54, 1.807) is 24.1 Å². The van der Waals surface area contributed by atoms with Gasteiger partial charge in [-0.2, -0.15) is 5.10 Å². The number of hydrazone groups is 1. The van der Waals surface area contributed by atoms with Crippen molar-refractivity contribution in [2.75, 3.05) is 33.3 Å². The van der Waals surface area contributed by atoms with E-state index in [2.05, 4.69) is 22.2 Å². The number of piperazine rings is 1. The Labute approximate surface area is 153 Å². The van der Waals surface area contributed by atoms with E-state index in [0.29, 0.717) is 5.75 Å². The average molecular weight is 361 g/mol. The molecule has 1 fully saturated rings. The maximum atomic E-state index is 9.63. The SMILES string of the molecule is COc1cc(/C=N/N2CC[NH+](Cc3ccc(Cl)cc3)CC2)ccc1O. The number of ether oxygens (including phenoxy) is 1. The lowest BCUT2D eigenvalue weighted by Crippen LogP contribution is -3.13. The van der Waals surface area contributed by atoms with Gasteiger partial charge in [0.1, 0.15) is 6.54 Å². The van der Waals surface area contributed by atoms with Crippen LogP contribution in [-0.2, 0) is 6.54 Å². The first-order valence-corrected chi connectivity index (χ1v) is 8.76. The highest BCUT2D eigenvalue weighted by Gasteiger charge is 2.18. The monoisotopic (exact) mass is 360 g/mol. The Morgan fingerprint density at radius 2 is 1.92 bits per heavy atom. The molecular weight excluding hydrogens is 338 g/mol. The second-order valence-electron chi connectivity index (χ2n) is 6.18. The van der Waals surface area contributed by atoms with E-state index in [1.807, 2.05) is 24.4 Å². The molecule has 2 aromatic rings. The lowest BCUT2D eigenvalue weighted by atomic mass is 10.2. The van der Waals surface area contributed by atoms with Gasteiger partial charge in [-0.3, -0.25) is 5.01 Å². The van der Waals surface area contributed by atoms with Crippen LogP contribution in [0.4, 0.5) is 0 Å². The van der Waals surface area contributed by atoms with Crippen LogP contribution in [0, 0.1) is 0 Å². The molecule has 25 heavy (non-hydrogen) atoms. The minimum atomic E-state index is 0.138. The van der Waals surface area contributed by atoms with Crippen LogP contribution in [0.5, 0.6) is 11.5 Å². The predicted molar refractivity (Wildman–Crippen MR) is 99.7 cm³/mol. The summed E-state index contributed by atoms with van der Waals surface area (Å²) in [6.07, 6.45) is 1.81. The lowest BCUT2D eigenvalue weighted by molar-refractivity contribution is -0.918. The molecule has 0 radical (unpaired) electrons. The van der Waals surface area contributed by atoms with Gasteiger partial charge in [0, 0.05) is 10.6 Å². The normalized spacial score (nSPS) is 15.7. The topological polar surface area (TPSA) is 49.5 Å². The summed E-state index contributed by atoms with van der Waals surface area (Å²) in [4.78, 5) is 1.56. The van der Waals surface area contributed by atoms with E-state index in [1.165, 1.54) is 5.56 Å². The molecule has 3 rings (SSSR count). The van der Waals surface area contributed by atoms with Crippen molar-refractivity contribution in [1.82, 2.24) is 5.01 Å². The summed E-state index contributed by atoms with van der Waals surface area (Å²) in [5, 5.41) is 17.0. The zero-order valence-electron chi connectivity index (χ0n) is 14.3. The molecule has 1 aliphatic heterocycles. The summed E-state index contributed by atoms with van der Waals surface area (Å²) >= 11 is 5.94. The van der Waals surface area contributed by atoms with Gasteiger partial charge in [0.25, 0.3) is 0 Å². The smallest absolute Gasteiger partial charge is 0.161 e. The molecule has 1 aliphatic rings. The minimum absolute atomic E-state index is 0.138. The van der Waals surface area contributed by atoms with Crippen LogP contribution in [0.1, 0.15) is 11.1 Å². The minimum Gasteiger partial charge on any atom is -0.504 e. The first-order chi connectivity index (χ1) is 12.1. The maximum absolute atomic E-state index is 9.63. The third-order valence-corrected chi connectivity index (χ3v) is 4.64. The van der Waals surface area contributed by atoms with Crippen molar-refractivity contribution in [3.63, 3.8) is 0 Å². The van der Waals surface area contributed by atoms with E-state index in [4.69, 9.17) is 16.3 Å². The van der Waals surface area contributed by atoms with Crippen molar-refractivity contribution < 1.29 is 14.7 Å². The van der Waals surface area contributed by atoms with E-state index in [-0.39, 0.29) is 5.75 Å². The molecule has 0 atom stereocenters. The predicted octanol–water partition coefficient (Wildman–Crippen LogP) is 1.79. The third kappa shape index (κ3) is 4.87. The van der Waals surface area contributed by atoms with Crippen molar-refractivity contribution in [3.05, 3.63) is 58.6 Å². The molecule has 0 amide bonds. The van der Waals surface area contributed by atoms with Crippen LogP contribution in [0.2, 0.25) is 5.02 Å². The highest BCUT2D eigenvalue weighted by molar-refractivity contribution is 6.30. The molecule has 0 unspecified atom stereocenters. The number of phenolic OH excluding ortho intramolecular Hbond substituents is 1. The summed E-state index contributed by atoms with van der Waals surface area (Å²) in [6.45, 7) is 4.98. The fourth-order valence-electron chi connectivity index (χ4n) is 2.92. The van der Waals surface area contributed by atoms with Crippen molar-refractivity contribution >= 4 is 17.8 Å². The number of hydrogen-bond acceptors (Lipinski definition) is 4. The van der Waals surface area contributed by atoms with E-state index in [9.17, 15) is 5.11 Å². The van der Waals surface area contributed by atoms with Crippen molar-refractivity contribution in [2.24, 2.45) is 5.10 Å². The fourth-order valence-corrected chi connectivity index (χ4v) is 3.04. The first kappa shape index (κ1) is 17.6. The Kier molecular flexibility index (Phi) is 5.79. The quantitative estimate of drug-likeness (QED) is 0.799. The molecule has 2 N–H and O–H groups in total. The van der Waals surface area contributed by atoms with Crippen LogP contribution in [0.25, 0.3) is 0 Å². The summed E-state index contributed by atoms with van der Waals surface area (Å²) in [5.74, 6) is 0.597. The zero-order valence-corrected chi connectivity index (χ0v) is 15.0. The first-order valence-electron chi connectivity index (χ1n) is 8.38. The maximum Gasteiger partial charge on any atom is 0.161 e. The number of nitrogens with one attached hydrogen (secondary N) is 1. The van der Waals surface area contributed by atoms with Gasteiger partial charge < -0.3 is 14.7 Å². The van der Waals surface area contributed by atoms with Crippen LogP contribution in [-0.4, -0.2) is 49.6 Å². The largest absolute Gasteiger partial charge is 0.504 e. The van der Waals surface area contributed by atoms with Gasteiger partial charge in [0.05, 0.1) is 39.5 Å². The number of phenols is 1. The van der Waals surface area contributed by atoms with Gasteiger partial charge in [-0.25, -0.2) is 0 Å². The highest BCUT2D eigenvalue weighted by atomic mass is 35.5. The van der Waals surface area contributed by atoms with Gasteiger partial charge in [0.2, 0.25) is 0 Å². The Balaban J connectivity index is 1.51. The third-order valence-electron chi connectivity index (χ3n) is 4.39. The molecule has 2 aromatic carbocycles. The van der Waals surface area contributed by atoms with Crippen LogP contribution in [0.3, 0.4) is 0 Å². The molecule has 132 valence electrons. The number of benzene rings is 2. The van der Waals surface area contributed by atoms with Crippen molar-refractivity contribution in [3.8, 4) is 11.5 Å². The number of methoxy groups -OCH3 is 1. The molecule has 5 nitrogen and oxygen atoms in total. The molecule has 0 aliphatic carbocycles. The Bertz CT molecular complexity index is 726. The fraction of sp³-hybridized carbons (Fsp3) is 0.316. The molecule has 0 saturated carbocycles. The Morgan fingerprint density at radius 1 is 1.20 bits per heavy atom. The number of nitrogens with zero attached hydrogens (tertiary/aromatic N) is 2. The van der Waals surface area contributed by atoms with Gasteiger partial charge in [0.15, 0.2) is 11.5 Å². The number of rotatable bonds is 5. The lowest BCUT2D eigenvalue weighted by Gasteiger charge is -2.30. The number of quaternary nitrogens is 1. The molecule has 6 heteroatoms. The summed E-state index contributed by atoms with van der Waals surface area (Å²) in [7, 11) is 1.54.